The van der Waals surface area contributed by atoms with Crippen molar-refractivity contribution in [3.8, 4) is 22.5 Å². The van der Waals surface area contributed by atoms with Crippen molar-refractivity contribution in [2.24, 2.45) is 0 Å². The molecule has 0 amide bonds. The Morgan fingerprint density at radius 3 is 1.69 bits per heavy atom. The van der Waals surface area contributed by atoms with E-state index in [9.17, 15) is 0 Å². The number of hydrogen-bond acceptors (Lipinski definition) is 1. The highest BCUT2D eigenvalue weighted by Gasteiger charge is 2.19. The van der Waals surface area contributed by atoms with Crippen molar-refractivity contribution in [1.82, 2.24) is 9.13 Å². The minimum absolute atomic E-state index is 1.10. The fourth-order valence-corrected chi connectivity index (χ4v) is 8.07. The normalized spacial score (nSPS) is 11.6. The number of benzene rings is 8. The third-order valence-electron chi connectivity index (χ3n) is 10.3. The van der Waals surface area contributed by atoms with E-state index >= 15 is 0 Å². The second-order valence-electron chi connectivity index (χ2n) is 13.5. The number of aryl methyl sites for hydroxylation is 1. The minimum atomic E-state index is 1.10. The predicted molar refractivity (Wildman–Crippen MR) is 220 cm³/mol. The summed E-state index contributed by atoms with van der Waals surface area (Å²) in [7, 11) is 0. The zero-order valence-corrected chi connectivity index (χ0v) is 28.8. The van der Waals surface area contributed by atoms with Crippen LogP contribution in [0.2, 0.25) is 0 Å². The lowest BCUT2D eigenvalue weighted by Gasteiger charge is -2.26. The number of nitrogens with zero attached hydrogens (tertiary/aromatic N) is 3. The van der Waals surface area contributed by atoms with Crippen molar-refractivity contribution < 1.29 is 0 Å². The highest BCUT2D eigenvalue weighted by atomic mass is 15.1. The zero-order valence-electron chi connectivity index (χ0n) is 28.8. The molecule has 0 saturated carbocycles. The first kappa shape index (κ1) is 30.0. The first-order valence-electron chi connectivity index (χ1n) is 17.9. The molecule has 10 rings (SSSR count). The molecule has 8 aromatic carbocycles. The van der Waals surface area contributed by atoms with Crippen LogP contribution in [0.1, 0.15) is 5.56 Å². The Hall–Kier alpha value is -6.84. The highest BCUT2D eigenvalue weighted by Crippen LogP contribution is 2.42. The van der Waals surface area contributed by atoms with Crippen LogP contribution in [0.25, 0.3) is 66.1 Å². The van der Waals surface area contributed by atoms with Gasteiger partial charge in [0, 0.05) is 50.0 Å². The first-order valence-corrected chi connectivity index (χ1v) is 17.9. The van der Waals surface area contributed by atoms with Crippen molar-refractivity contribution in [3.63, 3.8) is 0 Å². The molecule has 2 heterocycles. The van der Waals surface area contributed by atoms with Crippen LogP contribution >= 0.6 is 0 Å². The van der Waals surface area contributed by atoms with Gasteiger partial charge in [-0.1, -0.05) is 115 Å². The Labute approximate surface area is 302 Å². The Balaban J connectivity index is 1.13. The van der Waals surface area contributed by atoms with E-state index in [1.165, 1.54) is 66.0 Å². The molecule has 0 fully saturated rings. The number of para-hydroxylation sites is 4. The quantitative estimate of drug-likeness (QED) is 0.172. The average molecular weight is 666 g/mol. The van der Waals surface area contributed by atoms with Crippen LogP contribution in [0.3, 0.4) is 0 Å². The van der Waals surface area contributed by atoms with Gasteiger partial charge >= 0.3 is 0 Å². The second kappa shape index (κ2) is 12.2. The second-order valence-corrected chi connectivity index (χ2v) is 13.5. The number of aromatic nitrogens is 2. The van der Waals surface area contributed by atoms with Crippen LogP contribution in [-0.2, 0) is 0 Å². The smallest absolute Gasteiger partial charge is 0.0561 e. The molecule has 0 unspecified atom stereocenters. The van der Waals surface area contributed by atoms with Crippen molar-refractivity contribution in [2.45, 2.75) is 6.92 Å². The van der Waals surface area contributed by atoms with Gasteiger partial charge in [0.2, 0.25) is 0 Å². The Kier molecular flexibility index (Phi) is 7.04. The van der Waals surface area contributed by atoms with Gasteiger partial charge in [-0.2, -0.15) is 0 Å². The summed E-state index contributed by atoms with van der Waals surface area (Å²) in [6, 6.07) is 70.2. The maximum absolute atomic E-state index is 2.40. The van der Waals surface area contributed by atoms with Gasteiger partial charge < -0.3 is 14.0 Å². The lowest BCUT2D eigenvalue weighted by atomic mass is 9.99. The van der Waals surface area contributed by atoms with E-state index < -0.39 is 0 Å². The van der Waals surface area contributed by atoms with Crippen LogP contribution in [0, 0.1) is 6.92 Å². The number of anilines is 3. The van der Waals surface area contributed by atoms with Crippen molar-refractivity contribution in [3.05, 3.63) is 200 Å². The maximum Gasteiger partial charge on any atom is 0.0561 e. The summed E-state index contributed by atoms with van der Waals surface area (Å²) in [6.07, 6.45) is 0. The molecule has 0 aliphatic heterocycles. The summed E-state index contributed by atoms with van der Waals surface area (Å²) in [6.45, 7) is 2.16. The van der Waals surface area contributed by atoms with Crippen LogP contribution < -0.4 is 4.90 Å². The summed E-state index contributed by atoms with van der Waals surface area (Å²) in [4.78, 5) is 2.36. The summed E-state index contributed by atoms with van der Waals surface area (Å²) >= 11 is 0. The topological polar surface area (TPSA) is 13.1 Å². The Bertz CT molecular complexity index is 2900. The van der Waals surface area contributed by atoms with E-state index in [1.807, 2.05) is 0 Å². The molecule has 0 spiro atoms. The molecule has 0 radical (unpaired) electrons. The molecule has 0 atom stereocenters. The Morgan fingerprint density at radius 1 is 0.365 bits per heavy atom. The molecule has 0 aliphatic carbocycles. The summed E-state index contributed by atoms with van der Waals surface area (Å²) in [5.41, 5.74) is 14.1. The van der Waals surface area contributed by atoms with E-state index in [1.54, 1.807) is 0 Å². The van der Waals surface area contributed by atoms with E-state index in [0.717, 1.165) is 22.7 Å². The highest BCUT2D eigenvalue weighted by molar-refractivity contribution is 6.16. The van der Waals surface area contributed by atoms with Crippen LogP contribution in [0.15, 0.2) is 194 Å². The van der Waals surface area contributed by atoms with Gasteiger partial charge in [0.25, 0.3) is 0 Å². The predicted octanol–water partition coefficient (Wildman–Crippen LogP) is 13.3. The van der Waals surface area contributed by atoms with E-state index in [0.29, 0.717) is 0 Å². The van der Waals surface area contributed by atoms with Crippen LogP contribution in [0.5, 0.6) is 0 Å². The minimum Gasteiger partial charge on any atom is -0.310 e. The monoisotopic (exact) mass is 665 g/mol. The van der Waals surface area contributed by atoms with Crippen molar-refractivity contribution in [2.75, 3.05) is 4.90 Å². The molecule has 3 heteroatoms. The largest absolute Gasteiger partial charge is 0.310 e. The lowest BCUT2D eigenvalue weighted by Crippen LogP contribution is -2.10. The third-order valence-corrected chi connectivity index (χ3v) is 10.3. The fraction of sp³-hybridized carbons (Fsp3) is 0.0204. The third kappa shape index (κ3) is 4.82. The molecular weight excluding hydrogens is 631 g/mol. The molecular formula is C49H35N3. The molecule has 2 aromatic heterocycles. The van der Waals surface area contributed by atoms with E-state index in [4.69, 9.17) is 0 Å². The average Bonchev–Trinajstić information content (AvgIpc) is 3.72. The summed E-state index contributed by atoms with van der Waals surface area (Å²) < 4.78 is 4.78. The standard InChI is InChI=1S/C49H35N3/c1-34-14-12-19-39(32-34)52-46-24-11-9-21-44(46)49-41(22-13-25-47(49)52)35-26-28-38(29-27-35)50(36-15-4-2-5-16-36)40-30-31-43-42-20-8-10-23-45(42)51(48(43)33-40)37-17-6-3-7-18-37/h2-33H,1H3. The molecule has 52 heavy (non-hydrogen) atoms. The molecule has 0 N–H and O–H groups in total. The zero-order chi connectivity index (χ0) is 34.6. The molecule has 246 valence electrons. The number of hydrogen-bond donors (Lipinski definition) is 0. The van der Waals surface area contributed by atoms with Gasteiger partial charge in [0.15, 0.2) is 0 Å². The molecule has 0 aliphatic rings. The SMILES string of the molecule is Cc1cccc(-n2c3ccccc3c3c(-c4ccc(N(c5ccccc5)c5ccc6c7ccccc7n(-c7ccccc7)c6c5)cc4)cccc32)c1. The van der Waals surface area contributed by atoms with Crippen LogP contribution in [-0.4, -0.2) is 9.13 Å². The van der Waals surface area contributed by atoms with Gasteiger partial charge in [0.05, 0.1) is 22.1 Å². The van der Waals surface area contributed by atoms with Gasteiger partial charge in [-0.05, 0) is 102 Å². The van der Waals surface area contributed by atoms with Gasteiger partial charge in [-0.25, -0.2) is 0 Å². The van der Waals surface area contributed by atoms with E-state index in [-0.39, 0.29) is 0 Å². The number of rotatable bonds is 6. The Morgan fingerprint density at radius 2 is 0.923 bits per heavy atom. The fourth-order valence-electron chi connectivity index (χ4n) is 8.07. The van der Waals surface area contributed by atoms with Gasteiger partial charge in [-0.15, -0.1) is 0 Å². The van der Waals surface area contributed by atoms with Gasteiger partial charge in [0.1, 0.15) is 0 Å². The molecule has 3 nitrogen and oxygen atoms in total. The molecule has 0 bridgehead atoms. The summed E-state index contributed by atoms with van der Waals surface area (Å²) in [5.74, 6) is 0. The van der Waals surface area contributed by atoms with Crippen molar-refractivity contribution >= 4 is 60.7 Å². The lowest BCUT2D eigenvalue weighted by molar-refractivity contribution is 1.17. The van der Waals surface area contributed by atoms with Gasteiger partial charge in [-0.3, -0.25) is 0 Å². The molecule has 10 aromatic rings. The van der Waals surface area contributed by atoms with E-state index in [2.05, 4.69) is 215 Å². The number of fused-ring (bicyclic) bond motifs is 6. The van der Waals surface area contributed by atoms with Crippen LogP contribution in [0.4, 0.5) is 17.1 Å². The maximum atomic E-state index is 2.40. The molecule has 0 saturated heterocycles. The summed E-state index contributed by atoms with van der Waals surface area (Å²) in [5, 5.41) is 5.02. The van der Waals surface area contributed by atoms with Crippen molar-refractivity contribution in [1.29, 1.82) is 0 Å². The first-order chi connectivity index (χ1) is 25.7.